The van der Waals surface area contributed by atoms with Gasteiger partial charge in [-0.2, -0.15) is 0 Å². The summed E-state index contributed by atoms with van der Waals surface area (Å²) in [5.41, 5.74) is 0. The fourth-order valence-electron chi connectivity index (χ4n) is 0.531. The molecule has 0 spiro atoms. The van der Waals surface area contributed by atoms with Crippen molar-refractivity contribution in [1.82, 2.24) is 0 Å². The highest BCUT2D eigenvalue weighted by Crippen LogP contribution is 1.96. The summed E-state index contributed by atoms with van der Waals surface area (Å²) in [6.45, 7) is 3.44. The molecule has 5 heteroatoms. The number of halogens is 1. The van der Waals surface area contributed by atoms with Crippen molar-refractivity contribution in [2.75, 3.05) is 0 Å². The third-order valence-electron chi connectivity index (χ3n) is 0.910. The fourth-order valence-corrected chi connectivity index (χ4v) is 0.531. The topological polar surface area (TPSA) is 63.6 Å². The van der Waals surface area contributed by atoms with Crippen LogP contribution in [0.2, 0.25) is 0 Å². The van der Waals surface area contributed by atoms with Crippen molar-refractivity contribution >= 4 is 24.3 Å². The second kappa shape index (κ2) is 6.91. The smallest absolute Gasteiger partial charge is 0.306 e. The van der Waals surface area contributed by atoms with Crippen molar-refractivity contribution in [2.45, 2.75) is 32.8 Å². The molecule has 0 aromatic rings. The number of hydrogen-bond donors (Lipinski definition) is 1. The molecule has 0 fully saturated rings. The lowest BCUT2D eigenvalue weighted by molar-refractivity contribution is -0.150. The van der Waals surface area contributed by atoms with Gasteiger partial charge in [-0.1, -0.05) is 0 Å². The van der Waals surface area contributed by atoms with Crippen molar-refractivity contribution in [1.29, 1.82) is 0 Å². The lowest BCUT2D eigenvalue weighted by Crippen LogP contribution is -2.12. The molecular weight excluding hydrogens is 184 g/mol. The zero-order valence-corrected chi connectivity index (χ0v) is 7.89. The Morgan fingerprint density at radius 1 is 1.33 bits per heavy atom. The predicted octanol–water partition coefficient (Wildman–Crippen LogP) is 1.22. The quantitative estimate of drug-likeness (QED) is 0.687. The molecule has 0 saturated carbocycles. The molecule has 1 N–H and O–H groups in total. The number of rotatable bonds is 4. The van der Waals surface area contributed by atoms with Crippen LogP contribution in [0.25, 0.3) is 0 Å². The van der Waals surface area contributed by atoms with E-state index in [9.17, 15) is 9.59 Å². The molecule has 0 aromatic heterocycles. The van der Waals surface area contributed by atoms with Gasteiger partial charge in [0.2, 0.25) is 0 Å². The second-order valence-electron chi connectivity index (χ2n) is 2.43. The van der Waals surface area contributed by atoms with E-state index >= 15 is 0 Å². The van der Waals surface area contributed by atoms with E-state index in [1.807, 2.05) is 0 Å². The summed E-state index contributed by atoms with van der Waals surface area (Å²) in [5.74, 6) is -1.44. The Hall–Kier alpha value is -0.770. The first-order valence-electron chi connectivity index (χ1n) is 3.43. The van der Waals surface area contributed by atoms with Crippen LogP contribution in [0, 0.1) is 0 Å². The van der Waals surface area contributed by atoms with Crippen LogP contribution < -0.4 is 0 Å². The number of hydrogen-bond acceptors (Lipinski definition) is 3. The van der Waals surface area contributed by atoms with E-state index in [1.165, 1.54) is 0 Å². The van der Waals surface area contributed by atoms with Gasteiger partial charge in [-0.25, -0.2) is 0 Å². The van der Waals surface area contributed by atoms with E-state index in [-0.39, 0.29) is 31.4 Å². The average molecular weight is 197 g/mol. The molecule has 72 valence electrons. The summed E-state index contributed by atoms with van der Waals surface area (Å²) < 4.78 is 4.70. The Morgan fingerprint density at radius 2 is 1.83 bits per heavy atom. The molecule has 12 heavy (non-hydrogen) atoms. The van der Waals surface area contributed by atoms with Gasteiger partial charge in [-0.15, -0.1) is 12.4 Å². The highest BCUT2D eigenvalue weighted by atomic mass is 35.5. The first kappa shape index (κ1) is 13.8. The molecule has 4 nitrogen and oxygen atoms in total. The minimum Gasteiger partial charge on any atom is -0.481 e. The normalized spacial score (nSPS) is 8.92. The lowest BCUT2D eigenvalue weighted by atomic mass is 10.3. The Bertz CT molecular complexity index is 155. The van der Waals surface area contributed by atoms with Crippen molar-refractivity contribution in [3.05, 3.63) is 0 Å². The first-order chi connectivity index (χ1) is 5.02. The molecule has 0 aliphatic rings. The zero-order chi connectivity index (χ0) is 8.85. The molecule has 0 rings (SSSR count). The summed E-state index contributed by atoms with van der Waals surface area (Å²) >= 11 is 0. The predicted molar refractivity (Wildman–Crippen MR) is 45.3 cm³/mol. The van der Waals surface area contributed by atoms with Gasteiger partial charge in [-0.05, 0) is 13.8 Å². The van der Waals surface area contributed by atoms with Crippen molar-refractivity contribution < 1.29 is 19.4 Å². The van der Waals surface area contributed by atoms with E-state index in [0.29, 0.717) is 0 Å². The molecule has 0 aromatic carbocycles. The number of carboxylic acid groups (broad SMARTS) is 1. The molecule has 0 unspecified atom stereocenters. The van der Waals surface area contributed by atoms with Crippen LogP contribution in [-0.2, 0) is 14.3 Å². The number of carbonyl (C=O) groups excluding carboxylic acids is 1. The van der Waals surface area contributed by atoms with Gasteiger partial charge < -0.3 is 9.84 Å². The second-order valence-corrected chi connectivity index (χ2v) is 2.43. The van der Waals surface area contributed by atoms with Crippen LogP contribution in [0.4, 0.5) is 0 Å². The SMILES string of the molecule is CC(C)OC(=O)CCC(=O)O.Cl. The van der Waals surface area contributed by atoms with Gasteiger partial charge in [0.1, 0.15) is 0 Å². The van der Waals surface area contributed by atoms with Crippen LogP contribution in [0.1, 0.15) is 26.7 Å². The van der Waals surface area contributed by atoms with Crippen LogP contribution in [-0.4, -0.2) is 23.1 Å². The van der Waals surface area contributed by atoms with Gasteiger partial charge in [-0.3, -0.25) is 9.59 Å². The highest BCUT2D eigenvalue weighted by Gasteiger charge is 2.07. The summed E-state index contributed by atoms with van der Waals surface area (Å²) in [6, 6.07) is 0. The van der Waals surface area contributed by atoms with Crippen LogP contribution in [0.3, 0.4) is 0 Å². The molecule has 0 atom stereocenters. The molecule has 0 aliphatic carbocycles. The van der Waals surface area contributed by atoms with Gasteiger partial charge in [0.25, 0.3) is 0 Å². The van der Waals surface area contributed by atoms with Crippen molar-refractivity contribution in [2.24, 2.45) is 0 Å². The number of ether oxygens (including phenoxy) is 1. The third kappa shape index (κ3) is 9.23. The fraction of sp³-hybridized carbons (Fsp3) is 0.714. The molecule has 0 amide bonds. The summed E-state index contributed by atoms with van der Waals surface area (Å²) in [7, 11) is 0. The summed E-state index contributed by atoms with van der Waals surface area (Å²) in [4.78, 5) is 20.7. The zero-order valence-electron chi connectivity index (χ0n) is 7.07. The van der Waals surface area contributed by atoms with Crippen molar-refractivity contribution in [3.63, 3.8) is 0 Å². The van der Waals surface area contributed by atoms with E-state index in [4.69, 9.17) is 9.84 Å². The Kier molecular flexibility index (Phi) is 7.94. The minimum atomic E-state index is -0.981. The highest BCUT2D eigenvalue weighted by molar-refractivity contribution is 5.85. The molecule has 0 heterocycles. The van der Waals surface area contributed by atoms with Gasteiger partial charge in [0.15, 0.2) is 0 Å². The standard InChI is InChI=1S/C7H12O4.ClH/c1-5(2)11-7(10)4-3-6(8)9;/h5H,3-4H2,1-2H3,(H,8,9);1H. The summed E-state index contributed by atoms with van der Waals surface area (Å²) in [6.07, 6.45) is -0.379. The minimum absolute atomic E-state index is 0. The maximum absolute atomic E-state index is 10.7. The largest absolute Gasteiger partial charge is 0.481 e. The maximum Gasteiger partial charge on any atom is 0.306 e. The molecule has 0 bridgehead atoms. The number of carbonyl (C=O) groups is 2. The van der Waals surface area contributed by atoms with E-state index in [1.54, 1.807) is 13.8 Å². The molecular formula is C7H13ClO4. The van der Waals surface area contributed by atoms with E-state index in [2.05, 4.69) is 0 Å². The molecule has 0 saturated heterocycles. The van der Waals surface area contributed by atoms with Gasteiger partial charge >= 0.3 is 11.9 Å². The van der Waals surface area contributed by atoms with Crippen molar-refractivity contribution in [3.8, 4) is 0 Å². The van der Waals surface area contributed by atoms with Crippen LogP contribution >= 0.6 is 12.4 Å². The third-order valence-corrected chi connectivity index (χ3v) is 0.910. The number of carboxylic acids is 1. The Balaban J connectivity index is 0. The average Bonchev–Trinajstić information content (AvgIpc) is 1.82. The lowest BCUT2D eigenvalue weighted by Gasteiger charge is -2.05. The van der Waals surface area contributed by atoms with Gasteiger partial charge in [0.05, 0.1) is 18.9 Å². The number of esters is 1. The van der Waals surface area contributed by atoms with Crippen LogP contribution in [0.15, 0.2) is 0 Å². The van der Waals surface area contributed by atoms with Gasteiger partial charge in [0, 0.05) is 0 Å². The Labute approximate surface area is 77.3 Å². The molecule has 0 radical (unpaired) electrons. The Morgan fingerprint density at radius 3 is 2.17 bits per heavy atom. The summed E-state index contributed by atoms with van der Waals surface area (Å²) in [5, 5.41) is 8.19. The number of aliphatic carboxylic acids is 1. The van der Waals surface area contributed by atoms with E-state index in [0.717, 1.165) is 0 Å². The monoisotopic (exact) mass is 196 g/mol. The first-order valence-corrected chi connectivity index (χ1v) is 3.43. The van der Waals surface area contributed by atoms with E-state index < -0.39 is 11.9 Å². The van der Waals surface area contributed by atoms with Crippen LogP contribution in [0.5, 0.6) is 0 Å². The molecule has 0 aliphatic heterocycles. The maximum atomic E-state index is 10.7.